The van der Waals surface area contributed by atoms with Crippen molar-refractivity contribution in [1.82, 2.24) is 9.29 Å². The van der Waals surface area contributed by atoms with Crippen LogP contribution in [-0.4, -0.2) is 24.8 Å². The smallest absolute Gasteiger partial charge is 0.254 e. The molecule has 0 radical (unpaired) electrons. The Hall–Kier alpha value is -1.44. The number of thiazole rings is 1. The summed E-state index contributed by atoms with van der Waals surface area (Å²) in [5.41, 5.74) is 6.93. The fourth-order valence-corrected chi connectivity index (χ4v) is 4.35. The Balaban J connectivity index is 2.27. The Kier molecular flexibility index (Phi) is 3.88. The van der Waals surface area contributed by atoms with Crippen molar-refractivity contribution in [3.63, 3.8) is 0 Å². The van der Waals surface area contributed by atoms with Crippen LogP contribution < -0.4 is 5.73 Å². The molecular formula is C12H15N3O2S2. The summed E-state index contributed by atoms with van der Waals surface area (Å²) < 4.78 is 26.3. The van der Waals surface area contributed by atoms with E-state index in [9.17, 15) is 8.42 Å². The van der Waals surface area contributed by atoms with Crippen LogP contribution >= 0.6 is 11.3 Å². The van der Waals surface area contributed by atoms with Crippen LogP contribution in [0, 0.1) is 6.92 Å². The number of aryl methyl sites for hydroxylation is 1. The number of anilines is 1. The molecule has 0 saturated carbocycles. The molecule has 0 bridgehead atoms. The Bertz CT molecular complexity index is 666. The first-order chi connectivity index (χ1) is 8.91. The van der Waals surface area contributed by atoms with Gasteiger partial charge in [0.05, 0.1) is 5.69 Å². The van der Waals surface area contributed by atoms with Gasteiger partial charge in [-0.15, -0.1) is 0 Å². The Labute approximate surface area is 116 Å². The highest BCUT2D eigenvalue weighted by Crippen LogP contribution is 2.27. The fourth-order valence-electron chi connectivity index (χ4n) is 1.71. The molecule has 0 aliphatic rings. The normalized spacial score (nSPS) is 11.9. The first kappa shape index (κ1) is 14.0. The predicted octanol–water partition coefficient (Wildman–Crippen LogP) is 1.85. The standard InChI is InChI=1S/C12H15N3O2S2/c1-9-11(18-12(13)14-9)19(16,17)15(2)8-10-6-4-3-5-7-10/h3-7H,8H2,1-2H3,(H2,13,14). The van der Waals surface area contributed by atoms with Crippen molar-refractivity contribution in [2.24, 2.45) is 0 Å². The van der Waals surface area contributed by atoms with Gasteiger partial charge in [-0.05, 0) is 12.5 Å². The van der Waals surface area contributed by atoms with Crippen molar-refractivity contribution in [2.75, 3.05) is 12.8 Å². The molecule has 1 aromatic heterocycles. The molecule has 0 atom stereocenters. The summed E-state index contributed by atoms with van der Waals surface area (Å²) in [7, 11) is -1.98. The summed E-state index contributed by atoms with van der Waals surface area (Å²) in [6.07, 6.45) is 0. The lowest BCUT2D eigenvalue weighted by Gasteiger charge is -2.16. The molecule has 0 unspecified atom stereocenters. The van der Waals surface area contributed by atoms with E-state index in [1.807, 2.05) is 30.3 Å². The third kappa shape index (κ3) is 2.94. The zero-order valence-electron chi connectivity index (χ0n) is 10.7. The maximum Gasteiger partial charge on any atom is 0.254 e. The van der Waals surface area contributed by atoms with Gasteiger partial charge >= 0.3 is 0 Å². The first-order valence-electron chi connectivity index (χ1n) is 5.64. The van der Waals surface area contributed by atoms with Crippen LogP contribution in [0.4, 0.5) is 5.13 Å². The van der Waals surface area contributed by atoms with E-state index in [4.69, 9.17) is 5.73 Å². The molecule has 5 nitrogen and oxygen atoms in total. The van der Waals surface area contributed by atoms with Gasteiger partial charge in [0.2, 0.25) is 0 Å². The number of nitrogens with zero attached hydrogens (tertiary/aromatic N) is 2. The topological polar surface area (TPSA) is 76.3 Å². The molecule has 2 aromatic rings. The van der Waals surface area contributed by atoms with Gasteiger partial charge in [0.15, 0.2) is 9.34 Å². The Morgan fingerprint density at radius 2 is 1.95 bits per heavy atom. The largest absolute Gasteiger partial charge is 0.375 e. The Morgan fingerprint density at radius 1 is 1.32 bits per heavy atom. The van der Waals surface area contributed by atoms with Crippen LogP contribution in [-0.2, 0) is 16.6 Å². The van der Waals surface area contributed by atoms with E-state index in [0.29, 0.717) is 12.2 Å². The third-order valence-corrected chi connectivity index (χ3v) is 6.04. The van der Waals surface area contributed by atoms with Crippen LogP contribution in [0.3, 0.4) is 0 Å². The molecule has 7 heteroatoms. The summed E-state index contributed by atoms with van der Waals surface area (Å²) in [5.74, 6) is 0. The molecule has 102 valence electrons. The summed E-state index contributed by atoms with van der Waals surface area (Å²) in [5, 5.41) is 0.268. The van der Waals surface area contributed by atoms with Crippen LogP contribution in [0.2, 0.25) is 0 Å². The second-order valence-electron chi connectivity index (χ2n) is 4.17. The maximum absolute atomic E-state index is 12.4. The lowest BCUT2D eigenvalue weighted by molar-refractivity contribution is 0.468. The van der Waals surface area contributed by atoms with Crippen molar-refractivity contribution < 1.29 is 8.42 Å². The number of hydrogen-bond acceptors (Lipinski definition) is 5. The number of hydrogen-bond donors (Lipinski definition) is 1. The van der Waals surface area contributed by atoms with Crippen LogP contribution in [0.5, 0.6) is 0 Å². The molecule has 2 N–H and O–H groups in total. The minimum absolute atomic E-state index is 0.212. The van der Waals surface area contributed by atoms with Crippen LogP contribution in [0.15, 0.2) is 34.5 Å². The van der Waals surface area contributed by atoms with Crippen LogP contribution in [0.1, 0.15) is 11.3 Å². The first-order valence-corrected chi connectivity index (χ1v) is 7.90. The monoisotopic (exact) mass is 297 g/mol. The SMILES string of the molecule is Cc1nc(N)sc1S(=O)(=O)N(C)Cc1ccccc1. The van der Waals surface area contributed by atoms with E-state index < -0.39 is 10.0 Å². The predicted molar refractivity (Wildman–Crippen MR) is 76.4 cm³/mol. The lowest BCUT2D eigenvalue weighted by Crippen LogP contribution is -2.26. The summed E-state index contributed by atoms with van der Waals surface area (Å²) in [6.45, 7) is 1.97. The summed E-state index contributed by atoms with van der Waals surface area (Å²) >= 11 is 0.997. The molecule has 0 fully saturated rings. The van der Waals surface area contributed by atoms with Crippen molar-refractivity contribution in [1.29, 1.82) is 0 Å². The second-order valence-corrected chi connectivity index (χ2v) is 7.44. The number of rotatable bonds is 4. The van der Waals surface area contributed by atoms with Crippen LogP contribution in [0.25, 0.3) is 0 Å². The Morgan fingerprint density at radius 3 is 2.47 bits per heavy atom. The minimum Gasteiger partial charge on any atom is -0.375 e. The molecule has 0 saturated heterocycles. The van der Waals surface area contributed by atoms with Gasteiger partial charge in [-0.2, -0.15) is 4.31 Å². The number of sulfonamides is 1. The van der Waals surface area contributed by atoms with Crippen molar-refractivity contribution in [2.45, 2.75) is 17.7 Å². The number of nitrogens with two attached hydrogens (primary N) is 1. The summed E-state index contributed by atoms with van der Waals surface area (Å²) in [6, 6.07) is 9.43. The molecule has 2 rings (SSSR count). The molecule has 0 aliphatic carbocycles. The van der Waals surface area contributed by atoms with Gasteiger partial charge < -0.3 is 5.73 Å². The molecule has 0 amide bonds. The number of aromatic nitrogens is 1. The van der Waals surface area contributed by atoms with Gasteiger partial charge in [-0.25, -0.2) is 13.4 Å². The average molecular weight is 297 g/mol. The fraction of sp³-hybridized carbons (Fsp3) is 0.250. The zero-order valence-corrected chi connectivity index (χ0v) is 12.3. The second kappa shape index (κ2) is 5.28. The van der Waals surface area contributed by atoms with Gasteiger partial charge in [0.25, 0.3) is 10.0 Å². The molecule has 19 heavy (non-hydrogen) atoms. The van der Waals surface area contributed by atoms with Crippen molar-refractivity contribution in [3.05, 3.63) is 41.6 Å². The van der Waals surface area contributed by atoms with Gasteiger partial charge in [0.1, 0.15) is 0 Å². The average Bonchev–Trinajstić information content (AvgIpc) is 2.70. The highest BCUT2D eigenvalue weighted by molar-refractivity contribution is 7.91. The van der Waals surface area contributed by atoms with E-state index in [1.165, 1.54) is 4.31 Å². The lowest BCUT2D eigenvalue weighted by atomic mass is 10.2. The molecular weight excluding hydrogens is 282 g/mol. The highest BCUT2D eigenvalue weighted by Gasteiger charge is 2.26. The number of benzene rings is 1. The zero-order chi connectivity index (χ0) is 14.0. The van der Waals surface area contributed by atoms with Gasteiger partial charge in [-0.3, -0.25) is 0 Å². The molecule has 1 aromatic carbocycles. The maximum atomic E-state index is 12.4. The van der Waals surface area contributed by atoms with E-state index in [0.717, 1.165) is 16.9 Å². The van der Waals surface area contributed by atoms with Crippen molar-refractivity contribution in [3.8, 4) is 0 Å². The molecule has 0 aliphatic heterocycles. The molecule has 1 heterocycles. The number of nitrogen functional groups attached to an aromatic ring is 1. The van der Waals surface area contributed by atoms with E-state index in [1.54, 1.807) is 14.0 Å². The highest BCUT2D eigenvalue weighted by atomic mass is 32.2. The van der Waals surface area contributed by atoms with E-state index in [2.05, 4.69) is 4.98 Å². The third-order valence-electron chi connectivity index (χ3n) is 2.66. The quantitative estimate of drug-likeness (QED) is 0.934. The molecule has 0 spiro atoms. The van der Waals surface area contributed by atoms with E-state index in [-0.39, 0.29) is 9.34 Å². The van der Waals surface area contributed by atoms with Gasteiger partial charge in [0, 0.05) is 13.6 Å². The minimum atomic E-state index is -3.54. The van der Waals surface area contributed by atoms with Gasteiger partial charge in [-0.1, -0.05) is 41.7 Å². The van der Waals surface area contributed by atoms with E-state index >= 15 is 0 Å². The van der Waals surface area contributed by atoms with Crippen molar-refractivity contribution >= 4 is 26.5 Å². The summed E-state index contributed by atoms with van der Waals surface area (Å²) in [4.78, 5) is 3.96.